The van der Waals surface area contributed by atoms with E-state index in [0.29, 0.717) is 12.8 Å². The molecule has 6 heteroatoms. The molecule has 19 heavy (non-hydrogen) atoms. The van der Waals surface area contributed by atoms with Gasteiger partial charge in [-0.15, -0.1) is 0 Å². The summed E-state index contributed by atoms with van der Waals surface area (Å²) in [5.41, 5.74) is 0. The lowest BCUT2D eigenvalue weighted by atomic mass is 9.79. The molecule has 0 saturated heterocycles. The minimum absolute atomic E-state index is 0.0545. The SMILES string of the molecule is C=CC(=O)OCCOC(=O)[C@H]1CCCCC1C(=O)O. The number of hydrogen-bond acceptors (Lipinski definition) is 5. The zero-order valence-corrected chi connectivity index (χ0v) is 10.7. The van der Waals surface area contributed by atoms with Crippen LogP contribution < -0.4 is 0 Å². The molecule has 1 fully saturated rings. The van der Waals surface area contributed by atoms with E-state index in [2.05, 4.69) is 11.3 Å². The van der Waals surface area contributed by atoms with Crippen molar-refractivity contribution in [2.24, 2.45) is 11.8 Å². The molecule has 0 spiro atoms. The molecule has 0 aromatic carbocycles. The van der Waals surface area contributed by atoms with Gasteiger partial charge in [0, 0.05) is 6.08 Å². The average molecular weight is 270 g/mol. The third kappa shape index (κ3) is 4.73. The van der Waals surface area contributed by atoms with Crippen LogP contribution in [0.3, 0.4) is 0 Å². The molecular weight excluding hydrogens is 252 g/mol. The van der Waals surface area contributed by atoms with Crippen LogP contribution in [-0.4, -0.2) is 36.2 Å². The first-order chi connectivity index (χ1) is 9.06. The number of aliphatic carboxylic acids is 1. The Morgan fingerprint density at radius 3 is 2.26 bits per heavy atom. The Bertz CT molecular complexity index is 362. The van der Waals surface area contributed by atoms with E-state index in [4.69, 9.17) is 9.84 Å². The highest BCUT2D eigenvalue weighted by Crippen LogP contribution is 2.31. The molecular formula is C13H18O6. The van der Waals surface area contributed by atoms with Crippen LogP contribution in [0.5, 0.6) is 0 Å². The van der Waals surface area contributed by atoms with Gasteiger partial charge in [-0.25, -0.2) is 4.79 Å². The number of carbonyl (C=O) groups is 3. The fourth-order valence-electron chi connectivity index (χ4n) is 2.16. The molecule has 0 heterocycles. The standard InChI is InChI=1S/C13H18O6/c1-2-11(14)18-7-8-19-13(17)10-6-4-3-5-9(10)12(15)16/h2,9-10H,1,3-8H2,(H,15,16)/t9?,10-/m0/s1. The molecule has 1 aliphatic rings. The fourth-order valence-corrected chi connectivity index (χ4v) is 2.16. The Morgan fingerprint density at radius 2 is 1.68 bits per heavy atom. The molecule has 1 unspecified atom stereocenters. The quantitative estimate of drug-likeness (QED) is 0.442. The fraction of sp³-hybridized carbons (Fsp3) is 0.615. The highest BCUT2D eigenvalue weighted by molar-refractivity contribution is 5.82. The number of carboxylic acids is 1. The van der Waals surface area contributed by atoms with Crippen LogP contribution in [0.2, 0.25) is 0 Å². The first-order valence-electron chi connectivity index (χ1n) is 6.25. The van der Waals surface area contributed by atoms with E-state index in [9.17, 15) is 14.4 Å². The van der Waals surface area contributed by atoms with Gasteiger partial charge in [0.05, 0.1) is 11.8 Å². The normalized spacial score (nSPS) is 22.3. The molecule has 0 aromatic heterocycles. The summed E-state index contributed by atoms with van der Waals surface area (Å²) in [7, 11) is 0. The summed E-state index contributed by atoms with van der Waals surface area (Å²) >= 11 is 0. The number of esters is 2. The third-order valence-corrected chi connectivity index (χ3v) is 3.12. The van der Waals surface area contributed by atoms with Gasteiger partial charge in [0.2, 0.25) is 0 Å². The molecule has 0 radical (unpaired) electrons. The monoisotopic (exact) mass is 270 g/mol. The van der Waals surface area contributed by atoms with Crippen LogP contribution in [0.4, 0.5) is 0 Å². The smallest absolute Gasteiger partial charge is 0.330 e. The van der Waals surface area contributed by atoms with Gasteiger partial charge in [-0.1, -0.05) is 19.4 Å². The van der Waals surface area contributed by atoms with E-state index < -0.39 is 29.7 Å². The maximum atomic E-state index is 11.8. The Kier molecular flexibility index (Phi) is 6.05. The highest BCUT2D eigenvalue weighted by Gasteiger charge is 2.36. The van der Waals surface area contributed by atoms with Crippen molar-refractivity contribution in [3.63, 3.8) is 0 Å². The van der Waals surface area contributed by atoms with Crippen molar-refractivity contribution in [2.45, 2.75) is 25.7 Å². The Morgan fingerprint density at radius 1 is 1.11 bits per heavy atom. The first kappa shape index (κ1) is 15.2. The van der Waals surface area contributed by atoms with Crippen molar-refractivity contribution in [1.82, 2.24) is 0 Å². The van der Waals surface area contributed by atoms with Crippen molar-refractivity contribution in [3.8, 4) is 0 Å². The summed E-state index contributed by atoms with van der Waals surface area (Å²) < 4.78 is 9.60. The second-order valence-corrected chi connectivity index (χ2v) is 4.37. The maximum Gasteiger partial charge on any atom is 0.330 e. The number of hydrogen-bond donors (Lipinski definition) is 1. The lowest BCUT2D eigenvalue weighted by Gasteiger charge is -2.26. The Labute approximate surface area is 111 Å². The van der Waals surface area contributed by atoms with E-state index in [0.717, 1.165) is 18.9 Å². The second kappa shape index (κ2) is 7.56. The number of carboxylic acid groups (broad SMARTS) is 1. The van der Waals surface area contributed by atoms with Gasteiger partial charge < -0.3 is 14.6 Å². The molecule has 1 rings (SSSR count). The molecule has 0 aliphatic heterocycles. The molecule has 0 amide bonds. The summed E-state index contributed by atoms with van der Waals surface area (Å²) in [5, 5.41) is 9.05. The summed E-state index contributed by atoms with van der Waals surface area (Å²) in [6, 6.07) is 0. The first-order valence-corrected chi connectivity index (χ1v) is 6.25. The van der Waals surface area contributed by atoms with Crippen molar-refractivity contribution in [3.05, 3.63) is 12.7 Å². The summed E-state index contributed by atoms with van der Waals surface area (Å²) in [6.45, 7) is 3.11. The molecule has 2 atom stereocenters. The van der Waals surface area contributed by atoms with Gasteiger partial charge in [0.25, 0.3) is 0 Å². The maximum absolute atomic E-state index is 11.8. The van der Waals surface area contributed by atoms with Crippen LogP contribution >= 0.6 is 0 Å². The van der Waals surface area contributed by atoms with Crippen LogP contribution in [0.15, 0.2) is 12.7 Å². The van der Waals surface area contributed by atoms with Crippen molar-refractivity contribution in [1.29, 1.82) is 0 Å². The van der Waals surface area contributed by atoms with Crippen LogP contribution in [-0.2, 0) is 23.9 Å². The molecule has 1 aliphatic carbocycles. The van der Waals surface area contributed by atoms with E-state index in [-0.39, 0.29) is 13.2 Å². The molecule has 106 valence electrons. The number of carbonyl (C=O) groups excluding carboxylic acids is 2. The van der Waals surface area contributed by atoms with E-state index in [1.807, 2.05) is 0 Å². The van der Waals surface area contributed by atoms with Gasteiger partial charge in [-0.3, -0.25) is 9.59 Å². The zero-order valence-electron chi connectivity index (χ0n) is 10.7. The highest BCUT2D eigenvalue weighted by atomic mass is 16.6. The minimum atomic E-state index is -0.959. The predicted molar refractivity (Wildman–Crippen MR) is 65.2 cm³/mol. The molecule has 1 saturated carbocycles. The van der Waals surface area contributed by atoms with Gasteiger partial charge in [-0.2, -0.15) is 0 Å². The van der Waals surface area contributed by atoms with Gasteiger partial charge in [-0.05, 0) is 12.8 Å². The second-order valence-electron chi connectivity index (χ2n) is 4.37. The third-order valence-electron chi connectivity index (χ3n) is 3.12. The number of ether oxygens (including phenoxy) is 2. The minimum Gasteiger partial charge on any atom is -0.481 e. The zero-order chi connectivity index (χ0) is 14.3. The van der Waals surface area contributed by atoms with E-state index in [1.54, 1.807) is 0 Å². The number of rotatable bonds is 6. The largest absolute Gasteiger partial charge is 0.481 e. The molecule has 6 nitrogen and oxygen atoms in total. The van der Waals surface area contributed by atoms with Crippen molar-refractivity contribution >= 4 is 17.9 Å². The topological polar surface area (TPSA) is 89.9 Å². The predicted octanol–water partition coefficient (Wildman–Crippen LogP) is 1.15. The molecule has 0 bridgehead atoms. The molecule has 1 N–H and O–H groups in total. The lowest BCUT2D eigenvalue weighted by Crippen LogP contribution is -2.34. The van der Waals surface area contributed by atoms with Crippen LogP contribution in [0.1, 0.15) is 25.7 Å². The summed E-state index contributed by atoms with van der Waals surface area (Å²) in [4.78, 5) is 33.6. The Balaban J connectivity index is 2.36. The summed E-state index contributed by atoms with van der Waals surface area (Å²) in [6.07, 6.45) is 3.69. The molecule has 0 aromatic rings. The van der Waals surface area contributed by atoms with Crippen LogP contribution in [0, 0.1) is 11.8 Å². The van der Waals surface area contributed by atoms with Gasteiger partial charge >= 0.3 is 17.9 Å². The van der Waals surface area contributed by atoms with Crippen molar-refractivity contribution in [2.75, 3.05) is 13.2 Å². The van der Waals surface area contributed by atoms with Crippen LogP contribution in [0.25, 0.3) is 0 Å². The Hall–Kier alpha value is -1.85. The lowest BCUT2D eigenvalue weighted by molar-refractivity contribution is -0.161. The van der Waals surface area contributed by atoms with E-state index >= 15 is 0 Å². The van der Waals surface area contributed by atoms with E-state index in [1.165, 1.54) is 0 Å². The average Bonchev–Trinajstić information content (AvgIpc) is 2.42. The summed E-state index contributed by atoms with van der Waals surface area (Å²) in [5.74, 6) is -3.34. The van der Waals surface area contributed by atoms with Crippen molar-refractivity contribution < 1.29 is 29.0 Å². The van der Waals surface area contributed by atoms with Gasteiger partial charge in [0.15, 0.2) is 0 Å². The van der Waals surface area contributed by atoms with Gasteiger partial charge in [0.1, 0.15) is 13.2 Å².